The van der Waals surface area contributed by atoms with Gasteiger partial charge >= 0.3 is 0 Å². The minimum atomic E-state index is 0.251. The van der Waals surface area contributed by atoms with Crippen molar-refractivity contribution in [2.24, 2.45) is 10.2 Å². The van der Waals surface area contributed by atoms with Gasteiger partial charge in [0.1, 0.15) is 0 Å². The van der Waals surface area contributed by atoms with E-state index in [0.29, 0.717) is 0 Å². The number of hydrogen-bond acceptors (Lipinski definition) is 2. The van der Waals surface area contributed by atoms with E-state index < -0.39 is 0 Å². The number of azide groups is 2. The van der Waals surface area contributed by atoms with E-state index in [2.05, 4.69) is 44.3 Å². The molecule has 6 heteroatoms. The molecular formula is C22H16N6. The van der Waals surface area contributed by atoms with E-state index in [1.807, 2.05) is 48.5 Å². The van der Waals surface area contributed by atoms with Crippen LogP contribution in [0.2, 0.25) is 0 Å². The molecule has 0 fully saturated rings. The van der Waals surface area contributed by atoms with Crippen molar-refractivity contribution in [1.82, 2.24) is 0 Å². The van der Waals surface area contributed by atoms with Gasteiger partial charge in [-0.3, -0.25) is 0 Å². The molecule has 0 spiro atoms. The molecule has 28 heavy (non-hydrogen) atoms. The molecule has 0 saturated heterocycles. The van der Waals surface area contributed by atoms with E-state index in [0.717, 1.165) is 43.8 Å². The molecule has 0 aliphatic rings. The molecule has 0 saturated carbocycles. The second kappa shape index (κ2) is 7.72. The van der Waals surface area contributed by atoms with Gasteiger partial charge in [-0.1, -0.05) is 83.0 Å². The summed E-state index contributed by atoms with van der Waals surface area (Å²) >= 11 is 0. The normalized spacial score (nSPS) is 10.4. The summed E-state index contributed by atoms with van der Waals surface area (Å²) in [5.74, 6) is 0. The van der Waals surface area contributed by atoms with Crippen molar-refractivity contribution < 1.29 is 0 Å². The second-order valence-corrected chi connectivity index (χ2v) is 6.42. The minimum Gasteiger partial charge on any atom is -0.0893 e. The summed E-state index contributed by atoms with van der Waals surface area (Å²) in [5, 5.41) is 12.0. The lowest BCUT2D eigenvalue weighted by Crippen LogP contribution is -1.96. The molecule has 0 heterocycles. The lowest BCUT2D eigenvalue weighted by Gasteiger charge is -2.18. The molecule has 4 aromatic carbocycles. The van der Waals surface area contributed by atoms with Crippen LogP contribution in [0, 0.1) is 0 Å². The summed E-state index contributed by atoms with van der Waals surface area (Å²) < 4.78 is 0. The van der Waals surface area contributed by atoms with Crippen molar-refractivity contribution in [2.45, 2.75) is 13.1 Å². The Balaban J connectivity index is 2.15. The molecule has 0 amide bonds. The molecule has 0 radical (unpaired) electrons. The predicted octanol–water partition coefficient (Wildman–Crippen LogP) is 7.28. The highest BCUT2D eigenvalue weighted by Gasteiger charge is 2.16. The summed E-state index contributed by atoms with van der Waals surface area (Å²) in [6.45, 7) is 0.502. The van der Waals surface area contributed by atoms with Gasteiger partial charge in [-0.25, -0.2) is 0 Å². The Morgan fingerprint density at radius 1 is 0.571 bits per heavy atom. The third kappa shape index (κ3) is 3.10. The highest BCUT2D eigenvalue weighted by molar-refractivity contribution is 6.07. The van der Waals surface area contributed by atoms with Crippen LogP contribution in [0.1, 0.15) is 11.1 Å². The first kappa shape index (κ1) is 17.4. The summed E-state index contributed by atoms with van der Waals surface area (Å²) in [5.41, 5.74) is 21.6. The Hall–Kier alpha value is -3.98. The Labute approximate surface area is 161 Å². The lowest BCUT2D eigenvalue weighted by molar-refractivity contribution is 1.04. The Bertz CT molecular complexity index is 1180. The minimum absolute atomic E-state index is 0.251. The topological polar surface area (TPSA) is 97.5 Å². The van der Waals surface area contributed by atoms with Crippen LogP contribution in [-0.4, -0.2) is 0 Å². The van der Waals surface area contributed by atoms with Crippen LogP contribution < -0.4 is 0 Å². The zero-order valence-electron chi connectivity index (χ0n) is 15.0. The van der Waals surface area contributed by atoms with Crippen LogP contribution in [0.15, 0.2) is 83.0 Å². The van der Waals surface area contributed by atoms with Crippen molar-refractivity contribution in [3.8, 4) is 11.1 Å². The Morgan fingerprint density at radius 2 is 1.00 bits per heavy atom. The number of rotatable bonds is 5. The molecule has 134 valence electrons. The number of benzene rings is 4. The average molecular weight is 364 g/mol. The molecule has 0 atom stereocenters. The van der Waals surface area contributed by atoms with Crippen LogP contribution in [0.4, 0.5) is 0 Å². The maximum absolute atomic E-state index is 8.85. The molecule has 0 bridgehead atoms. The van der Waals surface area contributed by atoms with Gasteiger partial charge in [0.25, 0.3) is 0 Å². The summed E-state index contributed by atoms with van der Waals surface area (Å²) in [6, 6.07) is 24.4. The maximum Gasteiger partial charge on any atom is 0.0517 e. The second-order valence-electron chi connectivity index (χ2n) is 6.42. The zero-order valence-corrected chi connectivity index (χ0v) is 15.0. The highest BCUT2D eigenvalue weighted by atomic mass is 15.1. The molecule has 0 unspecified atom stereocenters. The van der Waals surface area contributed by atoms with Crippen molar-refractivity contribution >= 4 is 21.5 Å². The van der Waals surface area contributed by atoms with Crippen molar-refractivity contribution in [2.75, 3.05) is 0 Å². The molecule has 4 aromatic rings. The molecule has 0 aromatic heterocycles. The van der Waals surface area contributed by atoms with E-state index in [4.69, 9.17) is 11.1 Å². The molecule has 0 N–H and O–H groups in total. The molecular weight excluding hydrogens is 348 g/mol. The standard InChI is InChI=1S/C22H16N6/c23-27-25-13-17-11-9-15-5-1-3-7-19(15)21(17)22-18(14-26-28-24)12-10-16-6-2-4-8-20(16)22/h1-12H,13-14H2. The first-order valence-electron chi connectivity index (χ1n) is 8.87. The third-order valence-electron chi connectivity index (χ3n) is 4.89. The van der Waals surface area contributed by atoms with Gasteiger partial charge in [0.05, 0.1) is 13.1 Å². The summed E-state index contributed by atoms with van der Waals surface area (Å²) in [7, 11) is 0. The van der Waals surface area contributed by atoms with Crippen LogP contribution in [0.5, 0.6) is 0 Å². The fourth-order valence-corrected chi connectivity index (χ4v) is 3.70. The van der Waals surface area contributed by atoms with Gasteiger partial charge in [0.15, 0.2) is 0 Å². The zero-order chi connectivity index (χ0) is 19.3. The molecule has 0 aliphatic carbocycles. The predicted molar refractivity (Wildman–Crippen MR) is 113 cm³/mol. The molecule has 0 aliphatic heterocycles. The smallest absolute Gasteiger partial charge is 0.0517 e. The van der Waals surface area contributed by atoms with E-state index in [1.54, 1.807) is 0 Å². The van der Waals surface area contributed by atoms with Gasteiger partial charge in [0.2, 0.25) is 0 Å². The van der Waals surface area contributed by atoms with E-state index in [1.165, 1.54) is 0 Å². The van der Waals surface area contributed by atoms with Gasteiger partial charge in [-0.2, -0.15) is 0 Å². The fourth-order valence-electron chi connectivity index (χ4n) is 3.70. The fraction of sp³-hybridized carbons (Fsp3) is 0.0909. The SMILES string of the molecule is [N-]=[N+]=NCc1ccc2ccccc2c1-c1c(CN=[N+]=[N-])ccc2ccccc12. The lowest BCUT2D eigenvalue weighted by atomic mass is 9.87. The van der Waals surface area contributed by atoms with Gasteiger partial charge in [-0.15, -0.1) is 0 Å². The highest BCUT2D eigenvalue weighted by Crippen LogP contribution is 2.39. The first-order chi connectivity index (χ1) is 13.8. The van der Waals surface area contributed by atoms with Gasteiger partial charge in [-0.05, 0) is 54.9 Å². The van der Waals surface area contributed by atoms with E-state index >= 15 is 0 Å². The van der Waals surface area contributed by atoms with Crippen molar-refractivity contribution in [1.29, 1.82) is 0 Å². The Morgan fingerprint density at radius 3 is 1.43 bits per heavy atom. The van der Waals surface area contributed by atoms with Crippen LogP contribution in [0.3, 0.4) is 0 Å². The number of hydrogen-bond donors (Lipinski definition) is 0. The summed E-state index contributed by atoms with van der Waals surface area (Å²) in [4.78, 5) is 5.88. The van der Waals surface area contributed by atoms with Crippen LogP contribution in [-0.2, 0) is 13.1 Å². The van der Waals surface area contributed by atoms with E-state index in [9.17, 15) is 0 Å². The number of fused-ring (bicyclic) bond motifs is 2. The largest absolute Gasteiger partial charge is 0.0893 e. The van der Waals surface area contributed by atoms with Crippen molar-refractivity contribution in [3.63, 3.8) is 0 Å². The van der Waals surface area contributed by atoms with E-state index in [-0.39, 0.29) is 13.1 Å². The van der Waals surface area contributed by atoms with Crippen molar-refractivity contribution in [3.05, 3.63) is 105 Å². The molecule has 4 rings (SSSR count). The Kier molecular flexibility index (Phi) is 4.81. The maximum atomic E-state index is 8.85. The van der Waals surface area contributed by atoms with Crippen LogP contribution in [0.25, 0.3) is 53.6 Å². The monoisotopic (exact) mass is 364 g/mol. The molecule has 6 nitrogen and oxygen atoms in total. The van der Waals surface area contributed by atoms with Gasteiger partial charge in [0, 0.05) is 9.82 Å². The van der Waals surface area contributed by atoms with Crippen LogP contribution >= 0.6 is 0 Å². The summed E-state index contributed by atoms with van der Waals surface area (Å²) in [6.07, 6.45) is 0. The average Bonchev–Trinajstić information content (AvgIpc) is 2.75. The third-order valence-corrected chi connectivity index (χ3v) is 4.89. The number of nitrogens with zero attached hydrogens (tertiary/aromatic N) is 6. The quantitative estimate of drug-likeness (QED) is 0.202. The first-order valence-corrected chi connectivity index (χ1v) is 8.87. The van der Waals surface area contributed by atoms with Gasteiger partial charge < -0.3 is 0 Å².